The Hall–Kier alpha value is -3.18. The molecule has 0 radical (unpaired) electrons. The van der Waals surface area contributed by atoms with Crippen LogP contribution in [0.25, 0.3) is 0 Å². The van der Waals surface area contributed by atoms with Gasteiger partial charge < -0.3 is 14.6 Å². The van der Waals surface area contributed by atoms with Crippen LogP contribution in [0.2, 0.25) is 0 Å². The Balaban J connectivity index is 3.73. The van der Waals surface area contributed by atoms with Gasteiger partial charge in [0.05, 0.1) is 6.61 Å². The number of hydrogen-bond donors (Lipinski definition) is 1. The van der Waals surface area contributed by atoms with Crippen molar-refractivity contribution in [3.63, 3.8) is 0 Å². The number of carbonyl (C=O) groups is 2. The second-order valence-electron chi connectivity index (χ2n) is 13.4. The van der Waals surface area contributed by atoms with Crippen molar-refractivity contribution in [2.24, 2.45) is 0 Å². The minimum absolute atomic E-state index is 0.102. The highest BCUT2D eigenvalue weighted by atomic mass is 16.6. The molecular formula is C47H76O5. The van der Waals surface area contributed by atoms with Crippen LogP contribution < -0.4 is 0 Å². The molecule has 0 fully saturated rings. The summed E-state index contributed by atoms with van der Waals surface area (Å²) >= 11 is 0. The predicted molar refractivity (Wildman–Crippen MR) is 223 cm³/mol. The molecule has 0 aromatic carbocycles. The first-order chi connectivity index (χ1) is 25.6. The summed E-state index contributed by atoms with van der Waals surface area (Å²) in [6.45, 7) is 4.01. The first-order valence-electron chi connectivity index (χ1n) is 20.8. The molecule has 0 unspecified atom stereocenters. The fraction of sp³-hybridized carbons (Fsp3) is 0.617. The number of aliphatic hydroxyl groups excluding tert-OH is 1. The Kier molecular flexibility index (Phi) is 39.7. The Morgan fingerprint density at radius 2 is 0.769 bits per heavy atom. The largest absolute Gasteiger partial charge is 0.462 e. The minimum atomic E-state index is -0.808. The molecule has 0 saturated heterocycles. The van der Waals surface area contributed by atoms with Crippen molar-refractivity contribution in [2.45, 2.75) is 174 Å². The van der Waals surface area contributed by atoms with E-state index in [-0.39, 0.29) is 25.2 Å². The molecule has 0 rings (SSSR count). The number of esters is 2. The smallest absolute Gasteiger partial charge is 0.306 e. The lowest BCUT2D eigenvalue weighted by Crippen LogP contribution is -2.28. The first kappa shape index (κ1) is 48.8. The molecule has 0 heterocycles. The summed E-state index contributed by atoms with van der Waals surface area (Å²) in [7, 11) is 0. The number of ether oxygens (including phenoxy) is 2. The number of allylic oxidation sites excluding steroid dienone is 16. The molecule has 52 heavy (non-hydrogen) atoms. The lowest BCUT2D eigenvalue weighted by Gasteiger charge is -2.15. The van der Waals surface area contributed by atoms with Crippen LogP contribution in [0.3, 0.4) is 0 Å². The van der Waals surface area contributed by atoms with Crippen molar-refractivity contribution in [3.8, 4) is 0 Å². The van der Waals surface area contributed by atoms with Gasteiger partial charge in [-0.25, -0.2) is 0 Å². The minimum Gasteiger partial charge on any atom is -0.462 e. The normalized spacial score (nSPS) is 13.2. The number of unbranched alkanes of at least 4 members (excludes halogenated alkanes) is 12. The van der Waals surface area contributed by atoms with Crippen LogP contribution >= 0.6 is 0 Å². The summed E-state index contributed by atoms with van der Waals surface area (Å²) in [5.74, 6) is -0.672. The number of aliphatic hydroxyl groups is 1. The van der Waals surface area contributed by atoms with E-state index in [4.69, 9.17) is 9.47 Å². The molecule has 0 bridgehead atoms. The van der Waals surface area contributed by atoms with Crippen molar-refractivity contribution in [2.75, 3.05) is 13.2 Å². The molecule has 0 aliphatic rings. The molecule has 1 N–H and O–H groups in total. The molecule has 5 nitrogen and oxygen atoms in total. The molecule has 0 aromatic rings. The molecule has 1 atom stereocenters. The van der Waals surface area contributed by atoms with E-state index in [0.29, 0.717) is 12.8 Å². The van der Waals surface area contributed by atoms with E-state index in [1.54, 1.807) is 0 Å². The highest BCUT2D eigenvalue weighted by Gasteiger charge is 2.16. The summed E-state index contributed by atoms with van der Waals surface area (Å²) in [6, 6.07) is 0. The predicted octanol–water partition coefficient (Wildman–Crippen LogP) is 13.3. The molecule has 5 heteroatoms. The molecule has 294 valence electrons. The Labute approximate surface area is 319 Å². The van der Waals surface area contributed by atoms with Crippen LogP contribution in [0, 0.1) is 0 Å². The maximum atomic E-state index is 12.2. The van der Waals surface area contributed by atoms with Crippen LogP contribution in [-0.2, 0) is 19.1 Å². The molecule has 0 aliphatic heterocycles. The van der Waals surface area contributed by atoms with Crippen LogP contribution in [0.1, 0.15) is 168 Å². The van der Waals surface area contributed by atoms with Crippen LogP contribution in [0.4, 0.5) is 0 Å². The first-order valence-corrected chi connectivity index (χ1v) is 20.8. The van der Waals surface area contributed by atoms with Crippen molar-refractivity contribution in [3.05, 3.63) is 97.2 Å². The summed E-state index contributed by atoms with van der Waals surface area (Å²) in [5.41, 5.74) is 0. The van der Waals surface area contributed by atoms with E-state index in [1.807, 2.05) is 0 Å². The van der Waals surface area contributed by atoms with E-state index >= 15 is 0 Å². The highest BCUT2D eigenvalue weighted by molar-refractivity contribution is 5.70. The lowest BCUT2D eigenvalue weighted by atomic mass is 10.1. The van der Waals surface area contributed by atoms with Crippen LogP contribution in [0.15, 0.2) is 97.2 Å². The number of carbonyl (C=O) groups excluding carboxylic acids is 2. The lowest BCUT2D eigenvalue weighted by molar-refractivity contribution is -0.161. The van der Waals surface area contributed by atoms with Gasteiger partial charge >= 0.3 is 11.9 Å². The fourth-order valence-electron chi connectivity index (χ4n) is 5.17. The van der Waals surface area contributed by atoms with Crippen molar-refractivity contribution < 1.29 is 24.2 Å². The fourth-order valence-corrected chi connectivity index (χ4v) is 5.17. The third-order valence-corrected chi connectivity index (χ3v) is 8.35. The summed E-state index contributed by atoms with van der Waals surface area (Å²) < 4.78 is 10.6. The quantitative estimate of drug-likeness (QED) is 0.0396. The van der Waals surface area contributed by atoms with Gasteiger partial charge in [0, 0.05) is 12.8 Å². The monoisotopic (exact) mass is 721 g/mol. The number of hydrogen-bond acceptors (Lipinski definition) is 5. The Morgan fingerprint density at radius 3 is 1.12 bits per heavy atom. The second-order valence-corrected chi connectivity index (χ2v) is 13.4. The molecule has 0 spiro atoms. The van der Waals surface area contributed by atoms with Gasteiger partial charge in [-0.05, 0) is 103 Å². The average molecular weight is 721 g/mol. The Bertz CT molecular complexity index is 1040. The zero-order valence-electron chi connectivity index (χ0n) is 33.3. The highest BCUT2D eigenvalue weighted by Crippen LogP contribution is 2.09. The third kappa shape index (κ3) is 39.6. The summed E-state index contributed by atoms with van der Waals surface area (Å²) in [4.78, 5) is 24.3. The standard InChI is InChI=1S/C47H76O5/c1-3-5-7-9-11-13-15-17-19-21-23-25-27-29-31-33-35-37-39-41-46(49)51-44-45(43-48)52-47(50)42-40-38-36-34-32-30-28-26-24-22-20-18-16-14-12-10-8-6-4-2/h11-14,17-20,23-26,29-32,45,48H,3-10,15-16,21-22,27-28,33-44H2,1-2H3/b13-11-,14-12-,19-17-,20-18-,25-23-,26-24-,31-29-,32-30-/t45-/m0/s1. The third-order valence-electron chi connectivity index (χ3n) is 8.35. The molecule has 0 saturated carbocycles. The number of rotatable bonds is 36. The zero-order chi connectivity index (χ0) is 37.8. The van der Waals surface area contributed by atoms with Crippen LogP contribution in [0.5, 0.6) is 0 Å². The van der Waals surface area contributed by atoms with Gasteiger partial charge in [-0.2, -0.15) is 0 Å². The van der Waals surface area contributed by atoms with E-state index in [0.717, 1.165) is 89.9 Å². The van der Waals surface area contributed by atoms with Gasteiger partial charge in [0.15, 0.2) is 6.10 Å². The summed E-state index contributed by atoms with van der Waals surface area (Å²) in [5, 5.41) is 9.56. The van der Waals surface area contributed by atoms with E-state index in [2.05, 4.69) is 111 Å². The average Bonchev–Trinajstić information content (AvgIpc) is 3.15. The van der Waals surface area contributed by atoms with E-state index in [1.165, 1.54) is 51.4 Å². The zero-order valence-corrected chi connectivity index (χ0v) is 33.3. The second kappa shape index (κ2) is 42.2. The molecular weight excluding hydrogens is 645 g/mol. The maximum absolute atomic E-state index is 12.2. The maximum Gasteiger partial charge on any atom is 0.306 e. The van der Waals surface area contributed by atoms with Gasteiger partial charge in [0.25, 0.3) is 0 Å². The Morgan fingerprint density at radius 1 is 0.442 bits per heavy atom. The topological polar surface area (TPSA) is 72.8 Å². The van der Waals surface area contributed by atoms with Gasteiger partial charge in [-0.1, -0.05) is 150 Å². The molecule has 0 aliphatic carbocycles. The van der Waals surface area contributed by atoms with E-state index in [9.17, 15) is 14.7 Å². The van der Waals surface area contributed by atoms with Gasteiger partial charge in [-0.15, -0.1) is 0 Å². The van der Waals surface area contributed by atoms with Gasteiger partial charge in [0.2, 0.25) is 0 Å². The van der Waals surface area contributed by atoms with Gasteiger partial charge in [-0.3, -0.25) is 9.59 Å². The molecule has 0 aromatic heterocycles. The van der Waals surface area contributed by atoms with Crippen molar-refractivity contribution >= 4 is 11.9 Å². The van der Waals surface area contributed by atoms with E-state index < -0.39 is 6.10 Å². The van der Waals surface area contributed by atoms with Crippen LogP contribution in [-0.4, -0.2) is 36.4 Å². The van der Waals surface area contributed by atoms with Crippen molar-refractivity contribution in [1.82, 2.24) is 0 Å². The van der Waals surface area contributed by atoms with Crippen molar-refractivity contribution in [1.29, 1.82) is 0 Å². The van der Waals surface area contributed by atoms with Gasteiger partial charge in [0.1, 0.15) is 6.61 Å². The summed E-state index contributed by atoms with van der Waals surface area (Å²) in [6.07, 6.45) is 58.9. The molecule has 0 amide bonds. The SMILES string of the molecule is CCCCC/C=C\C/C=C\C/C=C\C/C=C\CCCCCC(=O)OC[C@H](CO)OC(=O)CCCCC/C=C\C/C=C\C/C=C\C/C=C\CCCCC.